The van der Waals surface area contributed by atoms with Crippen molar-refractivity contribution in [3.05, 3.63) is 23.8 Å². The van der Waals surface area contributed by atoms with Crippen molar-refractivity contribution in [3.63, 3.8) is 0 Å². The first-order valence-corrected chi connectivity index (χ1v) is 8.47. The zero-order chi connectivity index (χ0) is 13.9. The third-order valence-corrected chi connectivity index (χ3v) is 6.13. The molecule has 0 N–H and O–H groups in total. The molecule has 108 valence electrons. The summed E-state index contributed by atoms with van der Waals surface area (Å²) in [7, 11) is 0. The van der Waals surface area contributed by atoms with Crippen LogP contribution in [-0.4, -0.2) is 0 Å². The zero-order valence-electron chi connectivity index (χ0n) is 13.3. The molecule has 2 atom stereocenters. The van der Waals surface area contributed by atoms with Crippen LogP contribution in [0.4, 0.5) is 0 Å². The Balaban J connectivity index is 2.10. The van der Waals surface area contributed by atoms with Crippen molar-refractivity contribution in [2.75, 3.05) is 0 Å². The average Bonchev–Trinajstić information content (AvgIpc) is 2.44. The Labute approximate surface area is 120 Å². The minimum atomic E-state index is 0.663. The summed E-state index contributed by atoms with van der Waals surface area (Å²) in [5.74, 6) is 1.70. The maximum absolute atomic E-state index is 4.46. The summed E-state index contributed by atoms with van der Waals surface area (Å²) < 4.78 is 0. The molecule has 0 radical (unpaired) electrons. The molecule has 2 rings (SSSR count). The largest absolute Gasteiger partial charge is 0.0953 e. The van der Waals surface area contributed by atoms with Gasteiger partial charge < -0.3 is 0 Å². The van der Waals surface area contributed by atoms with Crippen LogP contribution in [0.2, 0.25) is 0 Å². The summed E-state index contributed by atoms with van der Waals surface area (Å²) in [6.07, 6.45) is 15.0. The van der Waals surface area contributed by atoms with Gasteiger partial charge in [0.15, 0.2) is 0 Å². The summed E-state index contributed by atoms with van der Waals surface area (Å²) in [5.41, 5.74) is 3.63. The Kier molecular flexibility index (Phi) is 4.92. The first-order valence-electron chi connectivity index (χ1n) is 8.47. The topological polar surface area (TPSA) is 0 Å². The summed E-state index contributed by atoms with van der Waals surface area (Å²) in [6, 6.07) is 0. The highest BCUT2D eigenvalue weighted by Gasteiger charge is 2.42. The normalized spacial score (nSPS) is 31.4. The van der Waals surface area contributed by atoms with Gasteiger partial charge in [-0.15, -0.1) is 0 Å². The molecule has 2 saturated carbocycles. The van der Waals surface area contributed by atoms with Crippen LogP contribution in [0.25, 0.3) is 0 Å². The molecule has 0 aromatic rings. The lowest BCUT2D eigenvalue weighted by Crippen LogP contribution is -2.38. The van der Waals surface area contributed by atoms with Gasteiger partial charge in [0, 0.05) is 0 Å². The lowest BCUT2D eigenvalue weighted by Gasteiger charge is -2.49. The lowest BCUT2D eigenvalue weighted by atomic mass is 9.56. The van der Waals surface area contributed by atoms with Crippen molar-refractivity contribution in [3.8, 4) is 0 Å². The van der Waals surface area contributed by atoms with Crippen LogP contribution in [0, 0.1) is 17.3 Å². The average molecular weight is 260 g/mol. The van der Waals surface area contributed by atoms with E-state index in [1.807, 2.05) is 0 Å². The van der Waals surface area contributed by atoms with Crippen LogP contribution >= 0.6 is 0 Å². The molecule has 0 aromatic heterocycles. The standard InChI is InChI=1S/C19H32/c1-5-17(6-2)16(4)18-11-10-15(3)19(14-18)12-8-7-9-13-19/h5,15,18H,4,6-14H2,1-3H3/b17-5-. The van der Waals surface area contributed by atoms with Gasteiger partial charge in [0.1, 0.15) is 0 Å². The molecular formula is C19H32. The molecule has 0 saturated heterocycles. The van der Waals surface area contributed by atoms with Crippen LogP contribution in [0.5, 0.6) is 0 Å². The van der Waals surface area contributed by atoms with E-state index in [0.717, 1.165) is 18.3 Å². The highest BCUT2D eigenvalue weighted by Crippen LogP contribution is 2.54. The van der Waals surface area contributed by atoms with Crippen molar-refractivity contribution in [2.45, 2.75) is 78.6 Å². The van der Waals surface area contributed by atoms with Gasteiger partial charge in [0.25, 0.3) is 0 Å². The van der Waals surface area contributed by atoms with Crippen LogP contribution in [0.15, 0.2) is 23.8 Å². The van der Waals surface area contributed by atoms with E-state index in [9.17, 15) is 0 Å². The Morgan fingerprint density at radius 1 is 1.21 bits per heavy atom. The highest BCUT2D eigenvalue weighted by molar-refractivity contribution is 5.30. The summed E-state index contributed by atoms with van der Waals surface area (Å²) >= 11 is 0. The van der Waals surface area contributed by atoms with E-state index in [4.69, 9.17) is 0 Å². The lowest BCUT2D eigenvalue weighted by molar-refractivity contribution is 0.0386. The molecule has 0 aliphatic heterocycles. The smallest absolute Gasteiger partial charge is 0.0160 e. The summed E-state index contributed by atoms with van der Waals surface area (Å²) in [5, 5.41) is 0. The number of hydrogen-bond donors (Lipinski definition) is 0. The molecule has 2 unspecified atom stereocenters. The molecule has 2 fully saturated rings. The van der Waals surface area contributed by atoms with Crippen LogP contribution in [0.1, 0.15) is 78.6 Å². The number of rotatable bonds is 3. The van der Waals surface area contributed by atoms with Gasteiger partial charge in [-0.25, -0.2) is 0 Å². The SMILES string of the molecule is C=C(/C(=C\C)CC)C1CCC(C)C2(CCCCC2)C1. The van der Waals surface area contributed by atoms with Gasteiger partial charge in [-0.05, 0) is 73.8 Å². The van der Waals surface area contributed by atoms with E-state index in [1.54, 1.807) is 0 Å². The number of hydrogen-bond acceptors (Lipinski definition) is 0. The molecule has 0 heteroatoms. The molecule has 1 spiro atoms. The minimum absolute atomic E-state index is 0.663. The second-order valence-electron chi connectivity index (χ2n) is 7.00. The van der Waals surface area contributed by atoms with E-state index in [-0.39, 0.29) is 0 Å². The maximum Gasteiger partial charge on any atom is -0.0160 e. The van der Waals surface area contributed by atoms with Crippen molar-refractivity contribution < 1.29 is 0 Å². The Morgan fingerprint density at radius 2 is 1.89 bits per heavy atom. The summed E-state index contributed by atoms with van der Waals surface area (Å²) in [6.45, 7) is 11.4. The molecule has 19 heavy (non-hydrogen) atoms. The molecule has 2 aliphatic carbocycles. The van der Waals surface area contributed by atoms with Gasteiger partial charge in [-0.3, -0.25) is 0 Å². The third-order valence-electron chi connectivity index (χ3n) is 6.13. The monoisotopic (exact) mass is 260 g/mol. The van der Waals surface area contributed by atoms with Gasteiger partial charge in [0.2, 0.25) is 0 Å². The molecule has 0 nitrogen and oxygen atoms in total. The van der Waals surface area contributed by atoms with E-state index in [2.05, 4.69) is 33.4 Å². The highest BCUT2D eigenvalue weighted by atomic mass is 14.5. The van der Waals surface area contributed by atoms with Crippen molar-refractivity contribution >= 4 is 0 Å². The molecule has 0 amide bonds. The second kappa shape index (κ2) is 6.29. The Bertz CT molecular complexity index is 341. The minimum Gasteiger partial charge on any atom is -0.0953 e. The molecule has 0 heterocycles. The van der Waals surface area contributed by atoms with Crippen molar-refractivity contribution in [1.29, 1.82) is 0 Å². The fraction of sp³-hybridized carbons (Fsp3) is 0.789. The maximum atomic E-state index is 4.46. The second-order valence-corrected chi connectivity index (χ2v) is 7.00. The van der Waals surface area contributed by atoms with E-state index in [0.29, 0.717) is 5.41 Å². The zero-order valence-corrected chi connectivity index (χ0v) is 13.3. The first-order chi connectivity index (χ1) is 9.13. The van der Waals surface area contributed by atoms with Gasteiger partial charge in [0.05, 0.1) is 0 Å². The predicted octanol–water partition coefficient (Wildman–Crippen LogP) is 6.29. The molecular weight excluding hydrogens is 228 g/mol. The molecule has 0 bridgehead atoms. The fourth-order valence-electron chi connectivity index (χ4n) is 4.68. The van der Waals surface area contributed by atoms with Gasteiger partial charge >= 0.3 is 0 Å². The van der Waals surface area contributed by atoms with Crippen LogP contribution < -0.4 is 0 Å². The Morgan fingerprint density at radius 3 is 2.47 bits per heavy atom. The van der Waals surface area contributed by atoms with Crippen LogP contribution in [0.3, 0.4) is 0 Å². The van der Waals surface area contributed by atoms with Crippen LogP contribution in [-0.2, 0) is 0 Å². The van der Waals surface area contributed by atoms with E-state index < -0.39 is 0 Å². The van der Waals surface area contributed by atoms with Crippen molar-refractivity contribution in [1.82, 2.24) is 0 Å². The Hall–Kier alpha value is -0.520. The van der Waals surface area contributed by atoms with Gasteiger partial charge in [-0.2, -0.15) is 0 Å². The predicted molar refractivity (Wildman–Crippen MR) is 85.2 cm³/mol. The third kappa shape index (κ3) is 2.98. The van der Waals surface area contributed by atoms with Crippen molar-refractivity contribution in [2.24, 2.45) is 17.3 Å². The van der Waals surface area contributed by atoms with Gasteiger partial charge in [-0.1, -0.05) is 45.8 Å². The van der Waals surface area contributed by atoms with E-state index >= 15 is 0 Å². The first kappa shape index (κ1) is 14.9. The quantitative estimate of drug-likeness (QED) is 0.523. The summed E-state index contributed by atoms with van der Waals surface area (Å²) in [4.78, 5) is 0. The molecule has 2 aliphatic rings. The van der Waals surface area contributed by atoms with E-state index in [1.165, 1.54) is 62.5 Å². The molecule has 0 aromatic carbocycles. The number of allylic oxidation sites excluding steroid dienone is 3. The fourth-order valence-corrected chi connectivity index (χ4v) is 4.68.